The zero-order valence-electron chi connectivity index (χ0n) is 9.08. The minimum atomic E-state index is -4.53. The van der Waals surface area contributed by atoms with Gasteiger partial charge in [0, 0.05) is 6.04 Å². The fraction of sp³-hybridized carbons (Fsp3) is 0.500. The summed E-state index contributed by atoms with van der Waals surface area (Å²) >= 11 is 5.38. The van der Waals surface area contributed by atoms with Crippen LogP contribution in [0.25, 0.3) is 0 Å². The molecule has 0 unspecified atom stereocenters. The van der Waals surface area contributed by atoms with Gasteiger partial charge in [0.25, 0.3) is 0 Å². The molecule has 3 nitrogen and oxygen atoms in total. The summed E-state index contributed by atoms with van der Waals surface area (Å²) in [4.78, 5) is 3.47. The van der Waals surface area contributed by atoms with Crippen molar-refractivity contribution >= 4 is 24.0 Å². The monoisotopic (exact) mass is 302 g/mol. The van der Waals surface area contributed by atoms with Crippen LogP contribution in [0.2, 0.25) is 5.15 Å². The number of halogens is 5. The largest absolute Gasteiger partial charge is 0.489 e. The number of alkyl halides is 3. The summed E-state index contributed by atoms with van der Waals surface area (Å²) in [5.41, 5.74) is 4.56. The third kappa shape index (κ3) is 3.40. The van der Waals surface area contributed by atoms with E-state index in [2.05, 4.69) is 4.98 Å². The molecule has 0 radical (unpaired) electrons. The number of nitrogens with zero attached hydrogens (tertiary/aromatic N) is 1. The zero-order chi connectivity index (χ0) is 12.6. The normalized spacial score (nSPS) is 22.9. The summed E-state index contributed by atoms with van der Waals surface area (Å²) in [7, 11) is 0. The van der Waals surface area contributed by atoms with Gasteiger partial charge in [-0.25, -0.2) is 4.98 Å². The lowest BCUT2D eigenvalue weighted by atomic mass is 9.90. The van der Waals surface area contributed by atoms with E-state index in [1.165, 1.54) is 6.20 Å². The van der Waals surface area contributed by atoms with Crippen molar-refractivity contribution in [3.8, 4) is 5.75 Å². The number of rotatable bonds is 2. The van der Waals surface area contributed by atoms with Crippen molar-refractivity contribution in [1.29, 1.82) is 0 Å². The van der Waals surface area contributed by atoms with Gasteiger partial charge in [0.15, 0.2) is 0 Å². The van der Waals surface area contributed by atoms with E-state index in [0.29, 0.717) is 12.8 Å². The van der Waals surface area contributed by atoms with E-state index in [4.69, 9.17) is 22.1 Å². The minimum absolute atomic E-state index is 0. The second-order valence-corrected chi connectivity index (χ2v) is 4.34. The third-order valence-electron chi connectivity index (χ3n) is 2.55. The predicted octanol–water partition coefficient (Wildman–Crippen LogP) is 3.04. The number of nitrogens with two attached hydrogens (primary N) is 1. The van der Waals surface area contributed by atoms with Crippen molar-refractivity contribution < 1.29 is 17.9 Å². The molecular weight excluding hydrogens is 292 g/mol. The maximum absolute atomic E-state index is 12.5. The van der Waals surface area contributed by atoms with Crippen LogP contribution >= 0.6 is 24.0 Å². The molecule has 18 heavy (non-hydrogen) atoms. The molecule has 1 aromatic rings. The highest BCUT2D eigenvalue weighted by atomic mass is 35.5. The molecule has 2 rings (SSSR count). The average molecular weight is 303 g/mol. The Balaban J connectivity index is 0.00000162. The number of aromatic nitrogens is 1. The van der Waals surface area contributed by atoms with E-state index in [1.807, 2.05) is 0 Å². The fourth-order valence-electron chi connectivity index (χ4n) is 1.59. The molecule has 1 aromatic heterocycles. The molecule has 0 saturated heterocycles. The van der Waals surface area contributed by atoms with E-state index in [9.17, 15) is 13.2 Å². The maximum Gasteiger partial charge on any atom is 0.419 e. The van der Waals surface area contributed by atoms with Gasteiger partial charge in [-0.15, -0.1) is 12.4 Å². The first-order chi connectivity index (χ1) is 7.86. The average Bonchev–Trinajstić information content (AvgIpc) is 2.16. The predicted molar refractivity (Wildman–Crippen MR) is 63.1 cm³/mol. The molecule has 0 atom stereocenters. The Kier molecular flexibility index (Phi) is 4.69. The quantitative estimate of drug-likeness (QED) is 0.854. The molecular formula is C10H11Cl2F3N2O. The number of hydrogen-bond acceptors (Lipinski definition) is 3. The Hall–Kier alpha value is -0.720. The number of pyridine rings is 1. The van der Waals surface area contributed by atoms with Crippen LogP contribution in [0, 0.1) is 0 Å². The van der Waals surface area contributed by atoms with Crippen LogP contribution in [0.3, 0.4) is 0 Å². The minimum Gasteiger partial charge on any atom is -0.489 e. The Labute approximate surface area is 113 Å². The van der Waals surface area contributed by atoms with Gasteiger partial charge in [0.1, 0.15) is 17.0 Å². The highest BCUT2D eigenvalue weighted by Gasteiger charge is 2.35. The van der Waals surface area contributed by atoms with Crippen LogP contribution in [0.4, 0.5) is 13.2 Å². The Morgan fingerprint density at radius 2 is 2.00 bits per heavy atom. The molecule has 1 aliphatic rings. The van der Waals surface area contributed by atoms with Crippen LogP contribution in [0.1, 0.15) is 18.4 Å². The zero-order valence-corrected chi connectivity index (χ0v) is 10.6. The Morgan fingerprint density at radius 1 is 1.39 bits per heavy atom. The van der Waals surface area contributed by atoms with Crippen molar-refractivity contribution in [3.63, 3.8) is 0 Å². The van der Waals surface area contributed by atoms with Crippen LogP contribution in [-0.2, 0) is 6.18 Å². The van der Waals surface area contributed by atoms with Gasteiger partial charge in [0.2, 0.25) is 0 Å². The molecule has 1 fully saturated rings. The Morgan fingerprint density at radius 3 is 2.50 bits per heavy atom. The SMILES string of the molecule is Cl.NC1CC(Oc2cnc(Cl)c(C(F)(F)F)c2)C1. The smallest absolute Gasteiger partial charge is 0.419 e. The molecule has 1 heterocycles. The maximum atomic E-state index is 12.5. The lowest BCUT2D eigenvalue weighted by Crippen LogP contribution is -2.43. The van der Waals surface area contributed by atoms with E-state index < -0.39 is 16.9 Å². The first-order valence-electron chi connectivity index (χ1n) is 5.01. The molecule has 1 aliphatic carbocycles. The lowest BCUT2D eigenvalue weighted by molar-refractivity contribution is -0.137. The first-order valence-corrected chi connectivity index (χ1v) is 5.39. The van der Waals surface area contributed by atoms with Crippen molar-refractivity contribution in [1.82, 2.24) is 4.98 Å². The van der Waals surface area contributed by atoms with Crippen LogP contribution in [0.5, 0.6) is 5.75 Å². The molecule has 0 aliphatic heterocycles. The van der Waals surface area contributed by atoms with Crippen LogP contribution < -0.4 is 10.5 Å². The van der Waals surface area contributed by atoms with E-state index >= 15 is 0 Å². The van der Waals surface area contributed by atoms with Crippen LogP contribution in [-0.4, -0.2) is 17.1 Å². The van der Waals surface area contributed by atoms with Crippen LogP contribution in [0.15, 0.2) is 12.3 Å². The third-order valence-corrected chi connectivity index (χ3v) is 2.85. The second kappa shape index (κ2) is 5.50. The van der Waals surface area contributed by atoms with Gasteiger partial charge >= 0.3 is 6.18 Å². The summed E-state index contributed by atoms with van der Waals surface area (Å²) in [6.45, 7) is 0. The van der Waals surface area contributed by atoms with Gasteiger partial charge in [-0.3, -0.25) is 0 Å². The standard InChI is InChI=1S/C10H10ClF3N2O.ClH/c11-9-8(10(12,13)14)3-7(4-16-9)17-6-1-5(15)2-6;/h3-6H,1-2,15H2;1H. The fourth-order valence-corrected chi connectivity index (χ4v) is 1.80. The molecule has 0 bridgehead atoms. The van der Waals surface area contributed by atoms with Crippen molar-refractivity contribution in [2.24, 2.45) is 5.73 Å². The molecule has 1 saturated carbocycles. The van der Waals surface area contributed by atoms with Gasteiger partial charge in [0.05, 0.1) is 11.8 Å². The van der Waals surface area contributed by atoms with Crippen molar-refractivity contribution in [2.75, 3.05) is 0 Å². The van der Waals surface area contributed by atoms with E-state index in [1.54, 1.807) is 0 Å². The van der Waals surface area contributed by atoms with E-state index in [0.717, 1.165) is 6.07 Å². The summed E-state index contributed by atoms with van der Waals surface area (Å²) in [5.74, 6) is 0.0682. The highest BCUT2D eigenvalue weighted by molar-refractivity contribution is 6.30. The highest BCUT2D eigenvalue weighted by Crippen LogP contribution is 2.36. The Bertz CT molecular complexity index is 422. The molecule has 0 spiro atoms. The summed E-state index contributed by atoms with van der Waals surface area (Å²) in [6, 6.07) is 0.932. The van der Waals surface area contributed by atoms with Gasteiger partial charge in [-0.05, 0) is 18.9 Å². The van der Waals surface area contributed by atoms with Gasteiger partial charge < -0.3 is 10.5 Å². The van der Waals surface area contributed by atoms with Crippen molar-refractivity contribution in [2.45, 2.75) is 31.2 Å². The van der Waals surface area contributed by atoms with Gasteiger partial charge in [-0.1, -0.05) is 11.6 Å². The first kappa shape index (κ1) is 15.3. The van der Waals surface area contributed by atoms with Crippen molar-refractivity contribution in [3.05, 3.63) is 23.0 Å². The molecule has 0 aromatic carbocycles. The summed E-state index contributed by atoms with van der Waals surface area (Å²) in [6.07, 6.45) is -2.19. The second-order valence-electron chi connectivity index (χ2n) is 3.98. The number of hydrogen-bond donors (Lipinski definition) is 1. The lowest BCUT2D eigenvalue weighted by Gasteiger charge is -2.32. The topological polar surface area (TPSA) is 48.1 Å². The molecule has 2 N–H and O–H groups in total. The van der Waals surface area contributed by atoms with Gasteiger partial charge in [-0.2, -0.15) is 13.2 Å². The molecule has 0 amide bonds. The van der Waals surface area contributed by atoms with E-state index in [-0.39, 0.29) is 30.3 Å². The summed E-state index contributed by atoms with van der Waals surface area (Å²) in [5, 5.41) is -0.574. The number of ether oxygens (including phenoxy) is 1. The molecule has 8 heteroatoms. The summed E-state index contributed by atoms with van der Waals surface area (Å²) < 4.78 is 42.9. The molecule has 102 valence electrons.